The van der Waals surface area contributed by atoms with Gasteiger partial charge < -0.3 is 9.72 Å². The number of methoxy groups -OCH3 is 1. The van der Waals surface area contributed by atoms with Gasteiger partial charge in [-0.25, -0.2) is 4.79 Å². The Morgan fingerprint density at radius 1 is 1.29 bits per heavy atom. The third-order valence-electron chi connectivity index (χ3n) is 4.50. The fraction of sp³-hybridized carbons (Fsp3) is 0.500. The first-order valence-electron chi connectivity index (χ1n) is 7.44. The summed E-state index contributed by atoms with van der Waals surface area (Å²) in [5.41, 5.74) is 1.79. The average Bonchev–Trinajstić information content (AvgIpc) is 2.83. The molecule has 1 aliphatic rings. The molecular formula is C16H20N2O3. The van der Waals surface area contributed by atoms with Crippen molar-refractivity contribution < 1.29 is 9.53 Å². The molecule has 5 heteroatoms. The van der Waals surface area contributed by atoms with Gasteiger partial charge in [-0.05, 0) is 43.7 Å². The highest BCUT2D eigenvalue weighted by Gasteiger charge is 2.27. The number of esters is 1. The first kappa shape index (κ1) is 13.9. The van der Waals surface area contributed by atoms with Crippen LogP contribution in [0.4, 0.5) is 0 Å². The minimum Gasteiger partial charge on any atom is -0.469 e. The second-order valence-corrected chi connectivity index (χ2v) is 5.80. The van der Waals surface area contributed by atoms with Crippen LogP contribution in [-0.2, 0) is 16.1 Å². The van der Waals surface area contributed by atoms with Crippen molar-refractivity contribution in [3.63, 3.8) is 0 Å². The van der Waals surface area contributed by atoms with Gasteiger partial charge in [0.15, 0.2) is 0 Å². The molecule has 0 saturated heterocycles. The van der Waals surface area contributed by atoms with Crippen LogP contribution in [0.3, 0.4) is 0 Å². The molecule has 1 aromatic carbocycles. The van der Waals surface area contributed by atoms with Gasteiger partial charge in [0.1, 0.15) is 0 Å². The molecule has 1 heterocycles. The number of nitrogens with one attached hydrogen (secondary N) is 1. The summed E-state index contributed by atoms with van der Waals surface area (Å²) in [6.07, 6.45) is 3.64. The predicted octanol–water partition coefficient (Wildman–Crippen LogP) is 2.31. The molecule has 1 N–H and O–H groups in total. The van der Waals surface area contributed by atoms with Crippen molar-refractivity contribution in [2.45, 2.75) is 32.2 Å². The second-order valence-electron chi connectivity index (χ2n) is 5.80. The molecule has 1 aromatic heterocycles. The second kappa shape index (κ2) is 5.76. The van der Waals surface area contributed by atoms with Crippen LogP contribution in [-0.4, -0.2) is 22.6 Å². The number of carbonyl (C=O) groups excluding carboxylic acids is 1. The first-order valence-corrected chi connectivity index (χ1v) is 7.44. The van der Waals surface area contributed by atoms with Crippen LogP contribution in [0.2, 0.25) is 0 Å². The number of nitrogens with zero attached hydrogens (tertiary/aromatic N) is 1. The lowest BCUT2D eigenvalue weighted by molar-refractivity contribution is -0.146. The third kappa shape index (κ3) is 2.73. The zero-order valence-electron chi connectivity index (χ0n) is 12.2. The van der Waals surface area contributed by atoms with Crippen LogP contribution in [0.5, 0.6) is 0 Å². The Kier molecular flexibility index (Phi) is 3.82. The van der Waals surface area contributed by atoms with Crippen LogP contribution in [0.1, 0.15) is 25.7 Å². The molecule has 0 unspecified atom stereocenters. The van der Waals surface area contributed by atoms with Crippen LogP contribution >= 0.6 is 0 Å². The molecule has 0 amide bonds. The summed E-state index contributed by atoms with van der Waals surface area (Å²) in [5.74, 6) is 0.381. The fourth-order valence-electron chi connectivity index (χ4n) is 3.29. The van der Waals surface area contributed by atoms with Gasteiger partial charge in [-0.1, -0.05) is 12.1 Å². The molecule has 0 bridgehead atoms. The summed E-state index contributed by atoms with van der Waals surface area (Å²) in [5, 5.41) is 0. The Bertz CT molecular complexity index is 693. The van der Waals surface area contributed by atoms with E-state index in [-0.39, 0.29) is 17.6 Å². The van der Waals surface area contributed by atoms with E-state index in [1.165, 1.54) is 7.11 Å². The van der Waals surface area contributed by atoms with Gasteiger partial charge in [-0.15, -0.1) is 0 Å². The quantitative estimate of drug-likeness (QED) is 0.881. The number of hydrogen-bond donors (Lipinski definition) is 1. The van der Waals surface area contributed by atoms with Crippen molar-refractivity contribution >= 4 is 17.0 Å². The molecule has 0 aliphatic heterocycles. The van der Waals surface area contributed by atoms with Crippen LogP contribution in [0.15, 0.2) is 29.1 Å². The maximum Gasteiger partial charge on any atom is 0.326 e. The number of ether oxygens (including phenoxy) is 1. The van der Waals surface area contributed by atoms with E-state index in [9.17, 15) is 9.59 Å². The topological polar surface area (TPSA) is 64.1 Å². The minimum atomic E-state index is -0.0993. The molecule has 1 aliphatic carbocycles. The SMILES string of the molecule is COC(=O)C1CCC(Cn2c(=O)[nH]c3ccccc32)CC1. The van der Waals surface area contributed by atoms with Crippen molar-refractivity contribution in [2.24, 2.45) is 11.8 Å². The number of fused-ring (bicyclic) bond motifs is 1. The molecule has 2 aromatic rings. The lowest BCUT2D eigenvalue weighted by Gasteiger charge is -2.27. The van der Waals surface area contributed by atoms with Gasteiger partial charge in [0.05, 0.1) is 24.1 Å². The Labute approximate surface area is 122 Å². The zero-order valence-corrected chi connectivity index (χ0v) is 12.2. The van der Waals surface area contributed by atoms with Crippen molar-refractivity contribution in [1.82, 2.24) is 9.55 Å². The number of rotatable bonds is 3. The number of aromatic amines is 1. The number of imidazole rings is 1. The van der Waals surface area contributed by atoms with Gasteiger partial charge >= 0.3 is 11.7 Å². The van der Waals surface area contributed by atoms with Crippen LogP contribution in [0, 0.1) is 11.8 Å². The molecule has 0 spiro atoms. The molecular weight excluding hydrogens is 268 g/mol. The molecule has 21 heavy (non-hydrogen) atoms. The van der Waals surface area contributed by atoms with Crippen molar-refractivity contribution in [1.29, 1.82) is 0 Å². The third-order valence-corrected chi connectivity index (χ3v) is 4.50. The number of aromatic nitrogens is 2. The van der Waals surface area contributed by atoms with Crippen LogP contribution < -0.4 is 5.69 Å². The van der Waals surface area contributed by atoms with Gasteiger partial charge in [0.25, 0.3) is 0 Å². The van der Waals surface area contributed by atoms with Crippen molar-refractivity contribution in [2.75, 3.05) is 7.11 Å². The van der Waals surface area contributed by atoms with Gasteiger partial charge in [0.2, 0.25) is 0 Å². The molecule has 5 nitrogen and oxygen atoms in total. The maximum absolute atomic E-state index is 12.1. The summed E-state index contributed by atoms with van der Waals surface area (Å²) in [4.78, 5) is 26.5. The highest BCUT2D eigenvalue weighted by molar-refractivity contribution is 5.75. The van der Waals surface area contributed by atoms with Crippen molar-refractivity contribution in [3.8, 4) is 0 Å². The molecule has 0 atom stereocenters. The lowest BCUT2D eigenvalue weighted by Crippen LogP contribution is -2.27. The summed E-state index contributed by atoms with van der Waals surface area (Å²) < 4.78 is 6.63. The number of hydrogen-bond acceptors (Lipinski definition) is 3. The molecule has 1 fully saturated rings. The molecule has 1 saturated carbocycles. The normalized spacial score (nSPS) is 22.3. The Morgan fingerprint density at radius 2 is 2.00 bits per heavy atom. The smallest absolute Gasteiger partial charge is 0.326 e. The maximum atomic E-state index is 12.1. The first-order chi connectivity index (χ1) is 10.2. The summed E-state index contributed by atoms with van der Waals surface area (Å²) in [6, 6.07) is 7.75. The predicted molar refractivity (Wildman–Crippen MR) is 80.0 cm³/mol. The van der Waals surface area contributed by atoms with E-state index in [4.69, 9.17) is 4.74 Å². The molecule has 0 radical (unpaired) electrons. The summed E-state index contributed by atoms with van der Waals surface area (Å²) >= 11 is 0. The summed E-state index contributed by atoms with van der Waals surface area (Å²) in [7, 11) is 1.44. The average molecular weight is 288 g/mol. The van der Waals surface area contributed by atoms with Gasteiger partial charge in [0, 0.05) is 6.54 Å². The Hall–Kier alpha value is -2.04. The number of para-hydroxylation sites is 2. The van der Waals surface area contributed by atoms with E-state index in [2.05, 4.69) is 4.98 Å². The number of H-pyrrole nitrogens is 1. The van der Waals surface area contributed by atoms with Gasteiger partial charge in [-0.2, -0.15) is 0 Å². The Morgan fingerprint density at radius 3 is 2.71 bits per heavy atom. The molecule has 112 valence electrons. The fourth-order valence-corrected chi connectivity index (χ4v) is 3.29. The van der Waals surface area contributed by atoms with Gasteiger partial charge in [-0.3, -0.25) is 9.36 Å². The number of benzene rings is 1. The van der Waals surface area contributed by atoms with E-state index in [1.807, 2.05) is 28.8 Å². The highest BCUT2D eigenvalue weighted by Crippen LogP contribution is 2.30. The van der Waals surface area contributed by atoms with Crippen molar-refractivity contribution in [3.05, 3.63) is 34.7 Å². The largest absolute Gasteiger partial charge is 0.469 e. The molecule has 3 rings (SSSR count). The zero-order chi connectivity index (χ0) is 14.8. The highest BCUT2D eigenvalue weighted by atomic mass is 16.5. The summed E-state index contributed by atoms with van der Waals surface area (Å²) in [6.45, 7) is 0.719. The van der Waals surface area contributed by atoms with E-state index in [0.717, 1.165) is 43.3 Å². The number of carbonyl (C=O) groups is 1. The van der Waals surface area contributed by atoms with E-state index in [0.29, 0.717) is 5.92 Å². The Balaban J connectivity index is 1.71. The lowest BCUT2D eigenvalue weighted by atomic mass is 9.82. The van der Waals surface area contributed by atoms with E-state index in [1.54, 1.807) is 0 Å². The monoisotopic (exact) mass is 288 g/mol. The standard InChI is InChI=1S/C16H20N2O3/c1-21-15(19)12-8-6-11(7-9-12)10-18-14-5-3-2-4-13(14)17-16(18)20/h2-5,11-12H,6-10H2,1H3,(H,17,20). The van der Waals surface area contributed by atoms with Crippen LogP contribution in [0.25, 0.3) is 11.0 Å². The van der Waals surface area contributed by atoms with E-state index >= 15 is 0 Å². The minimum absolute atomic E-state index is 0.0333. The van der Waals surface area contributed by atoms with E-state index < -0.39 is 0 Å².